The van der Waals surface area contributed by atoms with Gasteiger partial charge in [0.1, 0.15) is 11.1 Å². The molecule has 6 rings (SSSR count). The van der Waals surface area contributed by atoms with Crippen molar-refractivity contribution in [1.29, 1.82) is 0 Å². The fourth-order valence-electron chi connectivity index (χ4n) is 5.29. The van der Waals surface area contributed by atoms with Crippen molar-refractivity contribution in [3.05, 3.63) is 62.4 Å². The lowest BCUT2D eigenvalue weighted by atomic mass is 10.8. The zero-order chi connectivity index (χ0) is 27.8. The summed E-state index contributed by atoms with van der Waals surface area (Å²) in [7, 11) is 3.75. The molecule has 0 saturated carbocycles. The number of benzene rings is 2. The van der Waals surface area contributed by atoms with Gasteiger partial charge in [-0.1, -0.05) is 0 Å². The molecule has 39 heavy (non-hydrogen) atoms. The minimum absolute atomic E-state index is 0.0290. The van der Waals surface area contributed by atoms with Gasteiger partial charge in [0.25, 0.3) is 5.79 Å². The average Bonchev–Trinajstić information content (AvgIpc) is 3.30. The van der Waals surface area contributed by atoms with Gasteiger partial charge in [0.15, 0.2) is 34.5 Å². The van der Waals surface area contributed by atoms with Crippen molar-refractivity contribution in [2.24, 2.45) is 0 Å². The number of Topliss-reactive ketones (excluding diaryl/α,β-unsaturated/α-hetero) is 2. The molecular weight excluding hydrogens is 541 g/mol. The number of carbonyl (C=O) groups excluding carboxylic acids is 3. The highest BCUT2D eigenvalue weighted by molar-refractivity contribution is 6.29. The van der Waals surface area contributed by atoms with Gasteiger partial charge in [0, 0.05) is 12.5 Å². The van der Waals surface area contributed by atoms with Crippen LogP contribution in [0.2, 0.25) is 0 Å². The second-order valence-electron chi connectivity index (χ2n) is 9.20. The number of methoxy groups -OCH3 is 3. The van der Waals surface area contributed by atoms with E-state index >= 15 is 0 Å². The topological polar surface area (TPSA) is 168 Å². The van der Waals surface area contributed by atoms with Gasteiger partial charge in [-0.3, -0.25) is 9.59 Å². The average molecular weight is 561 g/mol. The number of aryl methyl sites for hydroxylation is 1. The van der Waals surface area contributed by atoms with Crippen molar-refractivity contribution < 1.29 is 52.7 Å². The standard InChI is InChI=1S/C27H20O12/c1-34-13-8-14(35-2)20(29)18-17(13)19(28)12-9-27(39-24(12)22(18)31)5-4-10-6-11-7-15(25(32)36-3)37-26(33)16(11)21(30)23(10)38-27/h6-8,29-30H,4-5,9H2,1-3H3/i1+1,2+1,4+1,5+1,6+1,7+1,9+1,10+1,11+1,12+1,13+1,14+1,15+1,16+1,17+1,18+1,19+1,20+1,21+1,22+1,23+1,24+1,25+1,26+1,27+1. The molecule has 0 fully saturated rings. The first-order valence-corrected chi connectivity index (χ1v) is 11.7. The second kappa shape index (κ2) is 8.25. The maximum atomic E-state index is 13.5. The Morgan fingerprint density at radius 2 is 1.67 bits per heavy atom. The van der Waals surface area contributed by atoms with Crippen molar-refractivity contribution in [2.75, 3.05) is 21.3 Å². The predicted molar refractivity (Wildman–Crippen MR) is 130 cm³/mol. The van der Waals surface area contributed by atoms with Crippen molar-refractivity contribution in [2.45, 2.75) is 25.0 Å². The van der Waals surface area contributed by atoms with Crippen LogP contribution in [0.4, 0.5) is 0 Å². The molecule has 3 aliphatic rings. The summed E-state index contributed by atoms with van der Waals surface area (Å²) in [6.45, 7) is 0. The van der Waals surface area contributed by atoms with Gasteiger partial charge in [0.2, 0.25) is 11.5 Å². The lowest BCUT2D eigenvalue weighted by molar-refractivity contribution is -0.148. The smallest absolute Gasteiger partial charge is 0.374 e. The maximum absolute atomic E-state index is 13.5. The summed E-state index contributed by atoms with van der Waals surface area (Å²) in [5, 5.41) is 21.7. The van der Waals surface area contributed by atoms with E-state index in [9.17, 15) is 29.4 Å². The molecule has 3 aromatic rings. The fraction of sp³-hybridized carbons (Fsp3) is 0.259. The number of hydrogen-bond acceptors (Lipinski definition) is 12. The molecule has 0 amide bonds. The minimum Gasteiger partial charge on any atom is -0.504 e. The van der Waals surface area contributed by atoms with Crippen LogP contribution in [-0.4, -0.2) is 54.9 Å². The van der Waals surface area contributed by atoms with Gasteiger partial charge in [0.05, 0.1) is 44.5 Å². The number of allylic oxidation sites excluding steroid dienone is 1. The van der Waals surface area contributed by atoms with Gasteiger partial charge < -0.3 is 38.3 Å². The summed E-state index contributed by atoms with van der Waals surface area (Å²) in [5.74, 6) is -5.51. The highest BCUT2D eigenvalue weighted by Crippen LogP contribution is 2.52. The molecule has 2 N–H and O–H groups in total. The lowest BCUT2D eigenvalue weighted by Gasteiger charge is -2.35. The molecule has 0 saturated heterocycles. The van der Waals surface area contributed by atoms with E-state index in [1.165, 1.54) is 26.4 Å². The normalized spacial score (nSPS) is 19.3. The third-order valence-corrected chi connectivity index (χ3v) is 7.12. The number of ether oxygens (including phenoxy) is 5. The molecule has 1 aliphatic carbocycles. The Morgan fingerprint density at radius 3 is 2.36 bits per heavy atom. The number of carbonyl (C=O) groups is 3. The molecule has 1 spiro atoms. The predicted octanol–water partition coefficient (Wildman–Crippen LogP) is 2.78. The zero-order valence-corrected chi connectivity index (χ0v) is 20.8. The van der Waals surface area contributed by atoms with Crippen LogP contribution in [0.5, 0.6) is 28.7 Å². The lowest BCUT2D eigenvalue weighted by Crippen LogP contribution is -2.40. The largest absolute Gasteiger partial charge is 0.504 e. The van der Waals surface area contributed by atoms with Crippen LogP contribution in [0.3, 0.4) is 0 Å². The van der Waals surface area contributed by atoms with Crippen molar-refractivity contribution in [3.8, 4) is 28.7 Å². The van der Waals surface area contributed by atoms with E-state index in [4.69, 9.17) is 23.4 Å². The summed E-state index contributed by atoms with van der Waals surface area (Å²) in [6, 6.07) is 4.16. The van der Waals surface area contributed by atoms with Gasteiger partial charge in [-0.05, 0) is 29.5 Å². The van der Waals surface area contributed by atoms with Gasteiger partial charge >= 0.3 is 11.6 Å². The Kier molecular flexibility index (Phi) is 5.15. The summed E-state index contributed by atoms with van der Waals surface area (Å²) in [4.78, 5) is 51.5. The Labute approximate surface area is 218 Å². The molecule has 0 bridgehead atoms. The van der Waals surface area contributed by atoms with Crippen LogP contribution in [0.1, 0.15) is 49.7 Å². The third kappa shape index (κ3) is 3.30. The first-order chi connectivity index (χ1) is 18.6. The van der Waals surface area contributed by atoms with E-state index in [1.54, 1.807) is 6.07 Å². The number of rotatable bonds is 3. The summed E-state index contributed by atoms with van der Waals surface area (Å²) < 4.78 is 32.1. The zero-order valence-electron chi connectivity index (χ0n) is 20.8. The SMILES string of the molecule is CO[13C](=O)[13c]1[13cH][13c]2[13cH][13c]3[13c]([13c](O)[13c]2[13c](=O)o1)O[13C]1([13CH2][13CH2]3)[13CH2][13C]2=[13C](O1)[13C](=O)[13c]1[13c](O)[13c](O[13CH3])c[13c](O[13CH3])[13c]1[13C]2=O. The van der Waals surface area contributed by atoms with Crippen molar-refractivity contribution >= 4 is 28.3 Å². The highest BCUT2D eigenvalue weighted by atomic mass is 16.9. The van der Waals surface area contributed by atoms with Crippen molar-refractivity contribution in [1.82, 2.24) is 0 Å². The number of esters is 1. The van der Waals surface area contributed by atoms with Crippen LogP contribution >= 0.6 is 0 Å². The Bertz CT molecular complexity index is 1740. The Balaban J connectivity index is 1.41. The van der Waals surface area contributed by atoms with E-state index in [0.29, 0.717) is 5.56 Å². The quantitative estimate of drug-likeness (QED) is 0.355. The first kappa shape index (κ1) is 24.3. The van der Waals surface area contributed by atoms with Crippen LogP contribution in [-0.2, 0) is 15.9 Å². The molecule has 1 atom stereocenters. The van der Waals surface area contributed by atoms with E-state index in [0.717, 1.165) is 7.11 Å². The summed E-state index contributed by atoms with van der Waals surface area (Å²) in [6.07, 6.45) is 0.298. The molecule has 2 aromatic carbocycles. The van der Waals surface area contributed by atoms with E-state index in [-0.39, 0.29) is 75.5 Å². The molecule has 1 unspecified atom stereocenters. The monoisotopic (exact) mass is 561 g/mol. The summed E-state index contributed by atoms with van der Waals surface area (Å²) in [5.41, 5.74) is -0.884. The molecule has 1 aromatic heterocycles. The fourth-order valence-corrected chi connectivity index (χ4v) is 5.29. The van der Waals surface area contributed by atoms with Crippen molar-refractivity contribution in [3.63, 3.8) is 0 Å². The molecular formula is C27H20O12. The number of hydrogen-bond donors (Lipinski definition) is 2. The number of aromatic hydroxyl groups is 2. The molecule has 3 heterocycles. The van der Waals surface area contributed by atoms with E-state index in [2.05, 4.69) is 4.74 Å². The van der Waals surface area contributed by atoms with E-state index in [1.807, 2.05) is 0 Å². The van der Waals surface area contributed by atoms with Crippen LogP contribution < -0.4 is 19.8 Å². The molecule has 12 nitrogen and oxygen atoms in total. The minimum atomic E-state index is -1.55. The van der Waals surface area contributed by atoms with Gasteiger partial charge in [-0.25, -0.2) is 9.59 Å². The molecule has 2 aliphatic heterocycles. The molecule has 12 heteroatoms. The maximum Gasteiger partial charge on any atom is 0.374 e. The third-order valence-electron chi connectivity index (χ3n) is 7.12. The number of phenols is 2. The number of fused-ring (bicyclic) bond motifs is 3. The number of phenolic OH excluding ortho intramolecular Hbond substituents is 2. The Hall–Kier alpha value is -5.00. The van der Waals surface area contributed by atoms with Crippen LogP contribution in [0.25, 0.3) is 10.8 Å². The Morgan fingerprint density at radius 1 is 0.923 bits per heavy atom. The highest BCUT2D eigenvalue weighted by Gasteiger charge is 2.53. The van der Waals surface area contributed by atoms with Crippen LogP contribution in [0.15, 0.2) is 38.7 Å². The number of ketones is 2. The van der Waals surface area contributed by atoms with Crippen LogP contribution in [0, 0.1) is 0 Å². The van der Waals surface area contributed by atoms with Gasteiger partial charge in [-0.15, -0.1) is 0 Å². The van der Waals surface area contributed by atoms with Gasteiger partial charge in [-0.2, -0.15) is 0 Å². The molecule has 200 valence electrons. The second-order valence-corrected chi connectivity index (χ2v) is 9.20. The first-order valence-electron chi connectivity index (χ1n) is 11.7. The summed E-state index contributed by atoms with van der Waals surface area (Å²) >= 11 is 0. The molecule has 0 radical (unpaired) electrons. The van der Waals surface area contributed by atoms with E-state index < -0.39 is 40.4 Å².